The summed E-state index contributed by atoms with van der Waals surface area (Å²) < 4.78 is 15.3. The molecule has 0 atom stereocenters. The smallest absolute Gasteiger partial charge is 0.255 e. The Kier molecular flexibility index (Phi) is 4.08. The molecule has 0 bridgehead atoms. The van der Waals surface area contributed by atoms with E-state index in [1.807, 2.05) is 46.0 Å². The van der Waals surface area contributed by atoms with Gasteiger partial charge in [-0.25, -0.2) is 9.37 Å². The molecular formula is C23H20FN3O. The summed E-state index contributed by atoms with van der Waals surface area (Å²) in [5, 5.41) is 1.93. The van der Waals surface area contributed by atoms with E-state index < -0.39 is 0 Å². The Labute approximate surface area is 162 Å². The molecule has 140 valence electrons. The highest BCUT2D eigenvalue weighted by molar-refractivity contribution is 6.11. The van der Waals surface area contributed by atoms with Gasteiger partial charge in [0.2, 0.25) is 0 Å². The monoisotopic (exact) mass is 373 g/mol. The van der Waals surface area contributed by atoms with Crippen LogP contribution in [-0.2, 0) is 0 Å². The number of imidazole rings is 1. The zero-order valence-corrected chi connectivity index (χ0v) is 15.4. The molecule has 4 aromatic rings. The Balaban J connectivity index is 1.73. The van der Waals surface area contributed by atoms with Gasteiger partial charge in [-0.3, -0.25) is 9.20 Å². The lowest BCUT2D eigenvalue weighted by Crippen LogP contribution is -2.35. The second-order valence-electron chi connectivity index (χ2n) is 7.29. The molecule has 1 amide bonds. The van der Waals surface area contributed by atoms with Crippen LogP contribution in [0.4, 0.5) is 4.39 Å². The van der Waals surface area contributed by atoms with Crippen molar-refractivity contribution in [2.45, 2.75) is 19.3 Å². The van der Waals surface area contributed by atoms with Crippen LogP contribution in [0.15, 0.2) is 60.9 Å². The molecule has 0 radical (unpaired) electrons. The fourth-order valence-electron chi connectivity index (χ4n) is 4.08. The molecule has 0 unspecified atom stereocenters. The molecule has 0 saturated carbocycles. The first kappa shape index (κ1) is 16.9. The van der Waals surface area contributed by atoms with E-state index in [-0.39, 0.29) is 11.7 Å². The normalized spacial score (nSPS) is 14.7. The van der Waals surface area contributed by atoms with Gasteiger partial charge in [0.25, 0.3) is 5.91 Å². The van der Waals surface area contributed by atoms with Crippen molar-refractivity contribution in [2.75, 3.05) is 13.1 Å². The molecule has 1 fully saturated rings. The van der Waals surface area contributed by atoms with Gasteiger partial charge in [-0.1, -0.05) is 24.3 Å². The minimum Gasteiger partial charge on any atom is -0.339 e. The van der Waals surface area contributed by atoms with Gasteiger partial charge in [-0.05, 0) is 48.9 Å². The summed E-state index contributed by atoms with van der Waals surface area (Å²) >= 11 is 0. The van der Waals surface area contributed by atoms with Gasteiger partial charge in [0, 0.05) is 30.2 Å². The maximum Gasteiger partial charge on any atom is 0.255 e. The fraction of sp³-hybridized carbons (Fsp3) is 0.217. The van der Waals surface area contributed by atoms with Crippen LogP contribution in [0.3, 0.4) is 0 Å². The molecule has 4 nitrogen and oxygen atoms in total. The number of aromatic nitrogens is 2. The average Bonchev–Trinajstić information content (AvgIpc) is 3.18. The van der Waals surface area contributed by atoms with E-state index in [1.54, 1.807) is 12.1 Å². The maximum atomic E-state index is 13.3. The van der Waals surface area contributed by atoms with Crippen molar-refractivity contribution in [1.29, 1.82) is 0 Å². The first-order valence-corrected chi connectivity index (χ1v) is 9.66. The van der Waals surface area contributed by atoms with E-state index >= 15 is 0 Å². The van der Waals surface area contributed by atoms with Crippen LogP contribution in [0.5, 0.6) is 0 Å². The van der Waals surface area contributed by atoms with Crippen LogP contribution >= 0.6 is 0 Å². The minimum absolute atomic E-state index is 0.0663. The van der Waals surface area contributed by atoms with E-state index in [9.17, 15) is 9.18 Å². The van der Waals surface area contributed by atoms with Gasteiger partial charge in [-0.15, -0.1) is 0 Å². The van der Waals surface area contributed by atoms with E-state index in [0.717, 1.165) is 47.8 Å². The highest BCUT2D eigenvalue weighted by Gasteiger charge is 2.22. The lowest BCUT2D eigenvalue weighted by molar-refractivity contribution is 0.0726. The number of halogens is 1. The van der Waals surface area contributed by atoms with Crippen LogP contribution in [0.2, 0.25) is 0 Å². The van der Waals surface area contributed by atoms with Crippen molar-refractivity contribution in [3.63, 3.8) is 0 Å². The van der Waals surface area contributed by atoms with Crippen LogP contribution in [-0.4, -0.2) is 33.3 Å². The topological polar surface area (TPSA) is 37.6 Å². The minimum atomic E-state index is -0.281. The van der Waals surface area contributed by atoms with E-state index in [2.05, 4.69) is 4.98 Å². The number of amides is 1. The summed E-state index contributed by atoms with van der Waals surface area (Å²) in [5.41, 5.74) is 2.43. The number of hydrogen-bond donors (Lipinski definition) is 0. The average molecular weight is 373 g/mol. The SMILES string of the molecule is O=C(c1cn2c(-c3ccc(F)cc3)ncc2c2ccccc12)N1CCCCC1. The number of piperidine rings is 1. The Bertz CT molecular complexity index is 1170. The molecule has 3 heterocycles. The number of pyridine rings is 1. The molecule has 5 heteroatoms. The number of carbonyl (C=O) groups is 1. The van der Waals surface area contributed by atoms with E-state index in [4.69, 9.17) is 0 Å². The van der Waals surface area contributed by atoms with Crippen molar-refractivity contribution in [1.82, 2.24) is 14.3 Å². The lowest BCUT2D eigenvalue weighted by atomic mass is 10.0. The number of rotatable bonds is 2. The fourth-order valence-corrected chi connectivity index (χ4v) is 4.08. The number of likely N-dealkylation sites (tertiary alicyclic amines) is 1. The number of fused-ring (bicyclic) bond motifs is 3. The van der Waals surface area contributed by atoms with Crippen LogP contribution in [0, 0.1) is 5.82 Å². The molecule has 28 heavy (non-hydrogen) atoms. The maximum absolute atomic E-state index is 13.3. The molecule has 5 rings (SSSR count). The summed E-state index contributed by atoms with van der Waals surface area (Å²) in [6, 6.07) is 14.2. The number of benzene rings is 2. The van der Waals surface area contributed by atoms with Gasteiger partial charge in [0.05, 0.1) is 17.3 Å². The Morgan fingerprint density at radius 3 is 2.39 bits per heavy atom. The van der Waals surface area contributed by atoms with E-state index in [1.165, 1.54) is 18.6 Å². The Morgan fingerprint density at radius 1 is 0.929 bits per heavy atom. The van der Waals surface area contributed by atoms with Crippen molar-refractivity contribution < 1.29 is 9.18 Å². The summed E-state index contributed by atoms with van der Waals surface area (Å²) in [6.07, 6.45) is 6.99. The molecular weight excluding hydrogens is 353 g/mol. The van der Waals surface area contributed by atoms with Crippen LogP contribution < -0.4 is 0 Å². The molecule has 2 aromatic carbocycles. The van der Waals surface area contributed by atoms with Crippen LogP contribution in [0.1, 0.15) is 29.6 Å². The van der Waals surface area contributed by atoms with Gasteiger partial charge >= 0.3 is 0 Å². The third-order valence-electron chi connectivity index (χ3n) is 5.52. The van der Waals surface area contributed by atoms with Gasteiger partial charge in [0.15, 0.2) is 0 Å². The predicted octanol–water partition coefficient (Wildman–Crippen LogP) is 4.92. The molecule has 0 spiro atoms. The molecule has 0 N–H and O–H groups in total. The van der Waals surface area contributed by atoms with Crippen molar-refractivity contribution >= 4 is 22.2 Å². The summed E-state index contributed by atoms with van der Waals surface area (Å²) in [5.74, 6) is 0.487. The molecule has 1 aliphatic heterocycles. The number of hydrogen-bond acceptors (Lipinski definition) is 2. The first-order chi connectivity index (χ1) is 13.7. The lowest BCUT2D eigenvalue weighted by Gasteiger charge is -2.27. The second kappa shape index (κ2) is 6.75. The zero-order valence-electron chi connectivity index (χ0n) is 15.4. The highest BCUT2D eigenvalue weighted by atomic mass is 19.1. The molecule has 1 aliphatic rings. The van der Waals surface area contributed by atoms with E-state index in [0.29, 0.717) is 11.4 Å². The highest BCUT2D eigenvalue weighted by Crippen LogP contribution is 2.29. The Morgan fingerprint density at radius 2 is 1.64 bits per heavy atom. The van der Waals surface area contributed by atoms with Crippen molar-refractivity contribution in [3.05, 3.63) is 72.3 Å². The molecule has 1 saturated heterocycles. The molecule has 0 aliphatic carbocycles. The Hall–Kier alpha value is -3.21. The summed E-state index contributed by atoms with van der Waals surface area (Å²) in [6.45, 7) is 1.61. The van der Waals surface area contributed by atoms with Gasteiger partial charge in [0.1, 0.15) is 11.6 Å². The summed E-state index contributed by atoms with van der Waals surface area (Å²) in [4.78, 5) is 19.8. The van der Waals surface area contributed by atoms with Crippen molar-refractivity contribution in [3.8, 4) is 11.4 Å². The third kappa shape index (κ3) is 2.74. The quantitative estimate of drug-likeness (QED) is 0.500. The largest absolute Gasteiger partial charge is 0.339 e. The number of carbonyl (C=O) groups excluding carboxylic acids is 1. The number of nitrogens with zero attached hydrogens (tertiary/aromatic N) is 3. The zero-order chi connectivity index (χ0) is 19.1. The predicted molar refractivity (Wildman–Crippen MR) is 108 cm³/mol. The van der Waals surface area contributed by atoms with Gasteiger partial charge in [-0.2, -0.15) is 0 Å². The molecule has 2 aromatic heterocycles. The van der Waals surface area contributed by atoms with Crippen LogP contribution in [0.25, 0.3) is 27.7 Å². The standard InChI is InChI=1S/C23H20FN3O/c24-17-10-8-16(9-11-17)22-25-14-21-19-7-3-2-6-18(19)20(15-27(21)22)23(28)26-12-4-1-5-13-26/h2-3,6-11,14-15H,1,4-5,12-13H2. The van der Waals surface area contributed by atoms with Crippen molar-refractivity contribution in [2.24, 2.45) is 0 Å². The summed E-state index contributed by atoms with van der Waals surface area (Å²) in [7, 11) is 0. The van der Waals surface area contributed by atoms with Gasteiger partial charge < -0.3 is 4.90 Å². The third-order valence-corrected chi connectivity index (χ3v) is 5.52. The first-order valence-electron chi connectivity index (χ1n) is 9.66. The second-order valence-corrected chi connectivity index (χ2v) is 7.29.